The summed E-state index contributed by atoms with van der Waals surface area (Å²) in [6.45, 7) is 0.498. The Morgan fingerprint density at radius 1 is 0.800 bits per heavy atom. The van der Waals surface area contributed by atoms with E-state index < -0.39 is 17.9 Å². The van der Waals surface area contributed by atoms with Gasteiger partial charge in [-0.3, -0.25) is 0 Å². The zero-order valence-corrected chi connectivity index (χ0v) is 21.0. The first-order valence-electron chi connectivity index (χ1n) is 10.8. The van der Waals surface area contributed by atoms with Crippen LogP contribution < -0.4 is 14.2 Å². The van der Waals surface area contributed by atoms with Gasteiger partial charge in [-0.1, -0.05) is 23.7 Å². The van der Waals surface area contributed by atoms with Gasteiger partial charge >= 0.3 is 11.9 Å². The van der Waals surface area contributed by atoms with Crippen LogP contribution in [0.5, 0.6) is 17.2 Å². The van der Waals surface area contributed by atoms with Crippen LogP contribution in [0.2, 0.25) is 5.02 Å². The number of methoxy groups -OCH3 is 5. The predicted octanol–water partition coefficient (Wildman–Crippen LogP) is 4.12. The third-order valence-electron chi connectivity index (χ3n) is 5.69. The fourth-order valence-corrected chi connectivity index (χ4v) is 4.07. The first-order chi connectivity index (χ1) is 16.9. The Hall–Kier alpha value is -3.65. The van der Waals surface area contributed by atoms with Gasteiger partial charge in [0.05, 0.1) is 52.6 Å². The molecular formula is C26H28ClNO7. The van der Waals surface area contributed by atoms with E-state index in [9.17, 15) is 9.59 Å². The molecule has 9 heteroatoms. The van der Waals surface area contributed by atoms with E-state index in [0.29, 0.717) is 40.8 Å². The minimum Gasteiger partial charge on any atom is -0.496 e. The molecule has 0 saturated carbocycles. The second-order valence-corrected chi connectivity index (χ2v) is 8.08. The molecule has 2 aromatic rings. The third-order valence-corrected chi connectivity index (χ3v) is 5.94. The van der Waals surface area contributed by atoms with Crippen LogP contribution in [0.25, 0.3) is 0 Å². The highest BCUT2D eigenvalue weighted by molar-refractivity contribution is 6.30. The summed E-state index contributed by atoms with van der Waals surface area (Å²) in [5.74, 6) is -0.721. The van der Waals surface area contributed by atoms with Gasteiger partial charge in [0.15, 0.2) is 11.5 Å². The van der Waals surface area contributed by atoms with E-state index in [2.05, 4.69) is 0 Å². The van der Waals surface area contributed by atoms with E-state index in [1.807, 2.05) is 24.3 Å². The normalized spacial score (nSPS) is 13.5. The molecular weight excluding hydrogens is 474 g/mol. The number of carbonyl (C=O) groups excluding carboxylic acids is 2. The molecule has 1 aliphatic heterocycles. The van der Waals surface area contributed by atoms with Crippen molar-refractivity contribution in [3.63, 3.8) is 0 Å². The van der Waals surface area contributed by atoms with Crippen LogP contribution in [0, 0.1) is 0 Å². The van der Waals surface area contributed by atoms with Crippen LogP contribution in [0.1, 0.15) is 17.0 Å². The number of benzene rings is 2. The van der Waals surface area contributed by atoms with Crippen LogP contribution in [0.3, 0.4) is 0 Å². The van der Waals surface area contributed by atoms with Crippen LogP contribution in [0.4, 0.5) is 0 Å². The molecule has 0 aromatic heterocycles. The Morgan fingerprint density at radius 2 is 1.31 bits per heavy atom. The lowest BCUT2D eigenvalue weighted by Gasteiger charge is -2.31. The van der Waals surface area contributed by atoms with Gasteiger partial charge in [0.2, 0.25) is 0 Å². The van der Waals surface area contributed by atoms with Gasteiger partial charge in [0.25, 0.3) is 0 Å². The van der Waals surface area contributed by atoms with Crippen molar-refractivity contribution in [1.29, 1.82) is 0 Å². The smallest absolute Gasteiger partial charge is 0.336 e. The molecule has 1 heterocycles. The second kappa shape index (κ2) is 11.7. The number of nitrogens with zero attached hydrogens (tertiary/aromatic N) is 1. The third kappa shape index (κ3) is 5.71. The Morgan fingerprint density at radius 3 is 1.80 bits per heavy atom. The zero-order chi connectivity index (χ0) is 25.5. The molecule has 0 N–H and O–H groups in total. The Bertz CT molecular complexity index is 1110. The highest BCUT2D eigenvalue weighted by Crippen LogP contribution is 2.45. The molecule has 2 aromatic carbocycles. The summed E-state index contributed by atoms with van der Waals surface area (Å²) in [4.78, 5) is 27.6. The number of carbonyl (C=O) groups is 2. The number of hydrogen-bond donors (Lipinski definition) is 0. The van der Waals surface area contributed by atoms with Crippen molar-refractivity contribution in [2.45, 2.75) is 12.3 Å². The summed E-state index contributed by atoms with van der Waals surface area (Å²) in [7, 11) is 7.09. The summed E-state index contributed by atoms with van der Waals surface area (Å²) in [6, 6.07) is 10.8. The maximum Gasteiger partial charge on any atom is 0.336 e. The standard InChI is InChI=1S/C26H28ClNO7/c1-31-21-13-23(33-3)22(32-2)12-18(21)24-19(25(29)34-4)14-28(15-20(24)26(30)35-5)11-10-16-6-8-17(27)9-7-16/h6-9,12-15,24H,10-11H2,1-5H3. The van der Waals surface area contributed by atoms with Gasteiger partial charge in [-0.25, -0.2) is 9.59 Å². The summed E-state index contributed by atoms with van der Waals surface area (Å²) in [5.41, 5.74) is 2.07. The predicted molar refractivity (Wildman–Crippen MR) is 131 cm³/mol. The molecule has 35 heavy (non-hydrogen) atoms. The van der Waals surface area contributed by atoms with Crippen molar-refractivity contribution >= 4 is 23.5 Å². The van der Waals surface area contributed by atoms with Gasteiger partial charge in [-0.15, -0.1) is 0 Å². The van der Waals surface area contributed by atoms with Crippen LogP contribution in [-0.4, -0.2) is 58.9 Å². The average Bonchev–Trinajstić information content (AvgIpc) is 2.90. The zero-order valence-electron chi connectivity index (χ0n) is 20.3. The number of ether oxygens (including phenoxy) is 5. The lowest BCUT2D eigenvalue weighted by atomic mass is 9.82. The fourth-order valence-electron chi connectivity index (χ4n) is 3.94. The van der Waals surface area contributed by atoms with Crippen molar-refractivity contribution in [1.82, 2.24) is 4.90 Å². The van der Waals surface area contributed by atoms with E-state index in [4.69, 9.17) is 35.3 Å². The van der Waals surface area contributed by atoms with E-state index in [1.165, 1.54) is 35.5 Å². The number of rotatable bonds is 9. The van der Waals surface area contributed by atoms with Gasteiger partial charge in [-0.05, 0) is 30.2 Å². The monoisotopic (exact) mass is 501 g/mol. The molecule has 8 nitrogen and oxygen atoms in total. The Labute approximate surface area is 209 Å². The maximum absolute atomic E-state index is 12.9. The SMILES string of the molecule is COC(=O)C1=CN(CCc2ccc(Cl)cc2)C=C(C(=O)OC)C1c1cc(OC)c(OC)cc1OC. The minimum absolute atomic E-state index is 0.247. The lowest BCUT2D eigenvalue weighted by molar-refractivity contribution is -0.137. The largest absolute Gasteiger partial charge is 0.496 e. The van der Waals surface area contributed by atoms with E-state index in [0.717, 1.165) is 5.56 Å². The summed E-state index contributed by atoms with van der Waals surface area (Å²) in [6.07, 6.45) is 4.00. The topological polar surface area (TPSA) is 83.5 Å². The number of esters is 2. The molecule has 0 atom stereocenters. The Balaban J connectivity index is 2.10. The van der Waals surface area contributed by atoms with Crippen molar-refractivity contribution < 1.29 is 33.3 Å². The van der Waals surface area contributed by atoms with Gasteiger partial charge in [-0.2, -0.15) is 0 Å². The molecule has 0 fully saturated rings. The molecule has 3 rings (SSSR count). The number of halogens is 1. The Kier molecular flexibility index (Phi) is 8.65. The van der Waals surface area contributed by atoms with Crippen LogP contribution >= 0.6 is 11.6 Å². The van der Waals surface area contributed by atoms with Crippen molar-refractivity contribution in [3.05, 3.63) is 76.1 Å². The first kappa shape index (κ1) is 26.0. The molecule has 0 aliphatic carbocycles. The van der Waals surface area contributed by atoms with E-state index in [-0.39, 0.29) is 11.1 Å². The van der Waals surface area contributed by atoms with Crippen molar-refractivity contribution in [2.24, 2.45) is 0 Å². The molecule has 0 saturated heterocycles. The van der Waals surface area contributed by atoms with Crippen molar-refractivity contribution in [2.75, 3.05) is 42.1 Å². The molecule has 1 aliphatic rings. The maximum atomic E-state index is 12.9. The van der Waals surface area contributed by atoms with Gasteiger partial charge in [0, 0.05) is 35.6 Å². The van der Waals surface area contributed by atoms with E-state index in [1.54, 1.807) is 29.4 Å². The molecule has 0 radical (unpaired) electrons. The van der Waals surface area contributed by atoms with Crippen molar-refractivity contribution in [3.8, 4) is 17.2 Å². The van der Waals surface area contributed by atoms with E-state index >= 15 is 0 Å². The summed E-state index contributed by atoms with van der Waals surface area (Å²) < 4.78 is 26.6. The summed E-state index contributed by atoms with van der Waals surface area (Å²) >= 11 is 5.98. The van der Waals surface area contributed by atoms with Gasteiger partial charge < -0.3 is 28.6 Å². The molecule has 0 bridgehead atoms. The van der Waals surface area contributed by atoms with Gasteiger partial charge in [0.1, 0.15) is 5.75 Å². The first-order valence-corrected chi connectivity index (χ1v) is 11.1. The highest BCUT2D eigenvalue weighted by atomic mass is 35.5. The van der Waals surface area contributed by atoms with Crippen LogP contribution in [0.15, 0.2) is 59.9 Å². The molecule has 0 unspecified atom stereocenters. The highest BCUT2D eigenvalue weighted by Gasteiger charge is 2.37. The number of hydrogen-bond acceptors (Lipinski definition) is 8. The summed E-state index contributed by atoms with van der Waals surface area (Å²) in [5, 5.41) is 0.652. The van der Waals surface area contributed by atoms with Crippen LogP contribution in [-0.2, 0) is 25.5 Å². The lowest BCUT2D eigenvalue weighted by Crippen LogP contribution is -2.30. The fraction of sp³-hybridized carbons (Fsp3) is 0.308. The molecule has 0 spiro atoms. The minimum atomic E-state index is -0.823. The second-order valence-electron chi connectivity index (χ2n) is 7.65. The molecule has 186 valence electrons. The average molecular weight is 502 g/mol. The molecule has 0 amide bonds. The quantitative estimate of drug-likeness (QED) is 0.474.